The summed E-state index contributed by atoms with van der Waals surface area (Å²) in [7, 11) is 0. The number of alkyl halides is 3. The van der Waals surface area contributed by atoms with E-state index in [1.807, 2.05) is 0 Å². The number of rotatable bonds is 5. The Balaban J connectivity index is 1.82. The molecule has 0 fully saturated rings. The van der Waals surface area contributed by atoms with Gasteiger partial charge in [-0.15, -0.1) is 0 Å². The summed E-state index contributed by atoms with van der Waals surface area (Å²) in [6.45, 7) is 1.79. The molecule has 0 spiro atoms. The van der Waals surface area contributed by atoms with Gasteiger partial charge in [0.1, 0.15) is 10.7 Å². The largest absolute Gasteiger partial charge is 0.467 e. The summed E-state index contributed by atoms with van der Waals surface area (Å²) in [5.41, 5.74) is 1.71. The molecule has 1 amide bonds. The number of hydrogen-bond acceptors (Lipinski definition) is 5. The summed E-state index contributed by atoms with van der Waals surface area (Å²) in [6.07, 6.45) is -1.79. The smallest absolute Gasteiger partial charge is 0.422 e. The fourth-order valence-corrected chi connectivity index (χ4v) is 3.20. The van der Waals surface area contributed by atoms with Crippen LogP contribution in [0.3, 0.4) is 0 Å². The van der Waals surface area contributed by atoms with Crippen LogP contribution in [-0.4, -0.2) is 39.3 Å². The maximum atomic E-state index is 12.7. The van der Waals surface area contributed by atoms with E-state index in [9.17, 15) is 22.8 Å². The first kappa shape index (κ1) is 20.1. The van der Waals surface area contributed by atoms with Gasteiger partial charge in [-0.2, -0.15) is 13.2 Å². The minimum Gasteiger partial charge on any atom is -0.467 e. The van der Waals surface area contributed by atoms with Crippen molar-refractivity contribution in [1.29, 1.82) is 0 Å². The Hall–Kier alpha value is -2.68. The van der Waals surface area contributed by atoms with Gasteiger partial charge in [0.2, 0.25) is 5.88 Å². The van der Waals surface area contributed by atoms with Crippen LogP contribution >= 0.6 is 11.6 Å². The van der Waals surface area contributed by atoms with E-state index in [1.54, 1.807) is 13.0 Å². The molecular formula is C18H15ClF3N3O3. The summed E-state index contributed by atoms with van der Waals surface area (Å²) < 4.78 is 41.4. The Morgan fingerprint density at radius 3 is 2.71 bits per heavy atom. The molecule has 6 nitrogen and oxygen atoms in total. The Kier molecular flexibility index (Phi) is 5.29. The zero-order valence-corrected chi connectivity index (χ0v) is 15.6. The minimum absolute atomic E-state index is 0.0937. The molecule has 0 radical (unpaired) electrons. The van der Waals surface area contributed by atoms with E-state index < -0.39 is 18.8 Å². The van der Waals surface area contributed by atoms with E-state index in [0.717, 1.165) is 0 Å². The van der Waals surface area contributed by atoms with Gasteiger partial charge in [0.15, 0.2) is 12.4 Å². The van der Waals surface area contributed by atoms with Gasteiger partial charge in [0.05, 0.1) is 6.04 Å². The van der Waals surface area contributed by atoms with Gasteiger partial charge >= 0.3 is 6.18 Å². The van der Waals surface area contributed by atoms with Crippen molar-refractivity contribution in [3.05, 3.63) is 51.9 Å². The number of pyridine rings is 2. The van der Waals surface area contributed by atoms with E-state index in [2.05, 4.69) is 14.7 Å². The van der Waals surface area contributed by atoms with Crippen molar-refractivity contribution in [2.75, 3.05) is 6.61 Å². The Morgan fingerprint density at radius 1 is 1.39 bits per heavy atom. The van der Waals surface area contributed by atoms with Gasteiger partial charge in [-0.05, 0) is 24.6 Å². The number of carbonyl (C=O) groups is 2. The molecule has 0 saturated carbocycles. The molecule has 10 heteroatoms. The third-order valence-electron chi connectivity index (χ3n) is 4.36. The fourth-order valence-electron chi connectivity index (χ4n) is 2.97. The van der Waals surface area contributed by atoms with Crippen molar-refractivity contribution >= 4 is 23.3 Å². The number of Topliss-reactive ketones (excluding diaryl/α,β-unsaturated/α-hetero) is 1. The zero-order chi connectivity index (χ0) is 20.6. The maximum absolute atomic E-state index is 12.7. The van der Waals surface area contributed by atoms with E-state index in [-0.39, 0.29) is 34.8 Å². The van der Waals surface area contributed by atoms with Crippen LogP contribution in [0.2, 0.25) is 5.02 Å². The first-order chi connectivity index (χ1) is 13.1. The zero-order valence-electron chi connectivity index (χ0n) is 14.9. The molecule has 0 aliphatic carbocycles. The number of amides is 1. The van der Waals surface area contributed by atoms with E-state index in [4.69, 9.17) is 11.6 Å². The highest BCUT2D eigenvalue weighted by molar-refractivity contribution is 6.31. The van der Waals surface area contributed by atoms with Crippen LogP contribution in [0.4, 0.5) is 13.2 Å². The lowest BCUT2D eigenvalue weighted by atomic mass is 10.1. The van der Waals surface area contributed by atoms with Crippen LogP contribution in [0, 0.1) is 0 Å². The molecule has 3 heterocycles. The lowest BCUT2D eigenvalue weighted by Crippen LogP contribution is -2.27. The van der Waals surface area contributed by atoms with Crippen molar-refractivity contribution in [2.24, 2.45) is 0 Å². The van der Waals surface area contributed by atoms with Crippen LogP contribution in [0.25, 0.3) is 0 Å². The van der Waals surface area contributed by atoms with E-state index in [1.165, 1.54) is 30.3 Å². The molecule has 0 bridgehead atoms. The summed E-state index contributed by atoms with van der Waals surface area (Å²) in [5.74, 6) is -0.856. The standard InChI is InChI=1S/C18H15ClF3N3O3/c1-9(11-5-14(19)16(24-6-11)28-8-18(20,21)22)25-7-13-12(17(25)27)3-4-23-15(13)10(2)26/h3-6,9H,7-8H2,1-2H3. The van der Waals surface area contributed by atoms with Crippen LogP contribution < -0.4 is 4.74 Å². The minimum atomic E-state index is -4.51. The highest BCUT2D eigenvalue weighted by Gasteiger charge is 2.34. The van der Waals surface area contributed by atoms with Crippen LogP contribution in [0.5, 0.6) is 5.88 Å². The number of hydrogen-bond donors (Lipinski definition) is 0. The third-order valence-corrected chi connectivity index (χ3v) is 4.63. The lowest BCUT2D eigenvalue weighted by Gasteiger charge is -2.25. The number of fused-ring (bicyclic) bond motifs is 1. The SMILES string of the molecule is CC(=O)c1nccc2c1CN(C(C)c1cnc(OCC(F)(F)F)c(Cl)c1)C2=O. The molecule has 1 aliphatic rings. The first-order valence-corrected chi connectivity index (χ1v) is 8.61. The maximum Gasteiger partial charge on any atom is 0.422 e. The molecular weight excluding hydrogens is 399 g/mol. The number of ether oxygens (including phenoxy) is 1. The molecule has 28 heavy (non-hydrogen) atoms. The van der Waals surface area contributed by atoms with Gasteiger partial charge in [0.25, 0.3) is 5.91 Å². The lowest BCUT2D eigenvalue weighted by molar-refractivity contribution is -0.154. The number of aromatic nitrogens is 2. The second-order valence-corrected chi connectivity index (χ2v) is 6.72. The molecule has 1 aliphatic heterocycles. The van der Waals surface area contributed by atoms with Crippen LogP contribution in [0.1, 0.15) is 51.9 Å². The summed E-state index contributed by atoms with van der Waals surface area (Å²) in [4.78, 5) is 33.9. The molecule has 3 rings (SSSR count). The number of ketones is 1. The van der Waals surface area contributed by atoms with Gasteiger partial charge < -0.3 is 9.64 Å². The average molecular weight is 414 g/mol. The molecule has 0 saturated heterocycles. The van der Waals surface area contributed by atoms with E-state index >= 15 is 0 Å². The van der Waals surface area contributed by atoms with Gasteiger partial charge in [-0.25, -0.2) is 4.98 Å². The van der Waals surface area contributed by atoms with Gasteiger partial charge in [-0.3, -0.25) is 14.6 Å². The Bertz CT molecular complexity index is 949. The number of halogens is 4. The predicted octanol–water partition coefficient (Wildman–Crippen LogP) is 3.99. The van der Waals surface area contributed by atoms with Crippen molar-refractivity contribution in [3.8, 4) is 5.88 Å². The topological polar surface area (TPSA) is 72.4 Å². The Labute approximate surface area is 163 Å². The second-order valence-electron chi connectivity index (χ2n) is 6.31. The molecule has 1 unspecified atom stereocenters. The predicted molar refractivity (Wildman–Crippen MR) is 93.3 cm³/mol. The Morgan fingerprint density at radius 2 is 2.11 bits per heavy atom. The molecule has 0 N–H and O–H groups in total. The van der Waals surface area contributed by atoms with Gasteiger partial charge in [-0.1, -0.05) is 11.6 Å². The van der Waals surface area contributed by atoms with E-state index in [0.29, 0.717) is 16.7 Å². The van der Waals surface area contributed by atoms with Gasteiger partial charge in [0, 0.05) is 37.0 Å². The summed E-state index contributed by atoms with van der Waals surface area (Å²) in [6, 6.07) is 2.47. The quantitative estimate of drug-likeness (QED) is 0.693. The molecule has 148 valence electrons. The average Bonchev–Trinajstić information content (AvgIpc) is 2.96. The fraction of sp³-hybridized carbons (Fsp3) is 0.333. The van der Waals surface area contributed by atoms with Crippen molar-refractivity contribution in [3.63, 3.8) is 0 Å². The number of nitrogens with zero attached hydrogens (tertiary/aromatic N) is 3. The van der Waals surface area contributed by atoms with Crippen molar-refractivity contribution in [1.82, 2.24) is 14.9 Å². The first-order valence-electron chi connectivity index (χ1n) is 8.23. The molecule has 1 atom stereocenters. The third kappa shape index (κ3) is 3.94. The molecule has 2 aromatic heterocycles. The highest BCUT2D eigenvalue weighted by Crippen LogP contribution is 2.34. The van der Waals surface area contributed by atoms with Crippen LogP contribution in [0.15, 0.2) is 24.5 Å². The van der Waals surface area contributed by atoms with Crippen LogP contribution in [-0.2, 0) is 6.54 Å². The van der Waals surface area contributed by atoms with Crippen molar-refractivity contribution < 1.29 is 27.5 Å². The van der Waals surface area contributed by atoms with Crippen molar-refractivity contribution in [2.45, 2.75) is 32.6 Å². The molecule has 2 aromatic rings. The second kappa shape index (κ2) is 7.38. The monoisotopic (exact) mass is 413 g/mol. The highest BCUT2D eigenvalue weighted by atomic mass is 35.5. The summed E-state index contributed by atoms with van der Waals surface area (Å²) >= 11 is 5.99. The number of carbonyl (C=O) groups excluding carboxylic acids is 2. The molecule has 0 aromatic carbocycles. The summed E-state index contributed by atoms with van der Waals surface area (Å²) in [5, 5.41) is -0.0937. The normalized spacial score (nSPS) is 14.8.